The Morgan fingerprint density at radius 1 is 1.47 bits per heavy atom. The van der Waals surface area contributed by atoms with E-state index in [0.717, 1.165) is 29.9 Å². The van der Waals surface area contributed by atoms with Gasteiger partial charge in [-0.1, -0.05) is 13.0 Å². The van der Waals surface area contributed by atoms with Crippen molar-refractivity contribution >= 4 is 15.9 Å². The van der Waals surface area contributed by atoms with Crippen LogP contribution in [0.2, 0.25) is 0 Å². The predicted octanol–water partition coefficient (Wildman–Crippen LogP) is 3.03. The molecule has 1 aromatic carbocycles. The zero-order chi connectivity index (χ0) is 13.8. The lowest BCUT2D eigenvalue weighted by Crippen LogP contribution is -2.54. The summed E-state index contributed by atoms with van der Waals surface area (Å²) in [6, 6.07) is 7.56. The van der Waals surface area contributed by atoms with Gasteiger partial charge in [0.2, 0.25) is 0 Å². The molecule has 0 aromatic heterocycles. The van der Waals surface area contributed by atoms with E-state index in [1.54, 1.807) is 7.11 Å². The highest BCUT2D eigenvalue weighted by Gasteiger charge is 2.24. The average molecular weight is 327 g/mol. The first-order valence-electron chi connectivity index (χ1n) is 6.94. The average Bonchev–Trinajstić information content (AvgIpc) is 2.39. The van der Waals surface area contributed by atoms with Gasteiger partial charge in [0.25, 0.3) is 0 Å². The molecule has 0 amide bonds. The van der Waals surface area contributed by atoms with Crippen LogP contribution in [0.5, 0.6) is 5.75 Å². The second-order valence-corrected chi connectivity index (χ2v) is 6.12. The topological polar surface area (TPSA) is 24.5 Å². The molecule has 0 aliphatic carbocycles. The number of rotatable bonds is 4. The number of nitrogens with zero attached hydrogens (tertiary/aromatic N) is 1. The molecule has 4 heteroatoms. The molecule has 1 aliphatic heterocycles. The van der Waals surface area contributed by atoms with Crippen LogP contribution in [0, 0.1) is 0 Å². The number of benzene rings is 1. The molecule has 1 aliphatic rings. The fourth-order valence-electron chi connectivity index (χ4n) is 2.67. The van der Waals surface area contributed by atoms with Crippen LogP contribution in [0.3, 0.4) is 0 Å². The maximum atomic E-state index is 5.28. The van der Waals surface area contributed by atoms with Crippen LogP contribution in [-0.4, -0.2) is 37.2 Å². The Balaban J connectivity index is 2.08. The third-order valence-corrected chi connectivity index (χ3v) is 4.42. The fraction of sp³-hybridized carbons (Fsp3) is 0.600. The Morgan fingerprint density at radius 2 is 2.26 bits per heavy atom. The SMILES string of the molecule is CCC1CNC(C)CN1Cc1ccc(OC)c(Br)c1. The first kappa shape index (κ1) is 14.8. The minimum atomic E-state index is 0.574. The molecule has 1 fully saturated rings. The Kier molecular flexibility index (Phi) is 5.25. The number of hydrogen-bond donors (Lipinski definition) is 1. The molecule has 19 heavy (non-hydrogen) atoms. The van der Waals surface area contributed by atoms with Gasteiger partial charge in [-0.25, -0.2) is 0 Å². The van der Waals surface area contributed by atoms with Gasteiger partial charge in [-0.3, -0.25) is 4.90 Å². The van der Waals surface area contributed by atoms with Crippen molar-refractivity contribution in [1.82, 2.24) is 10.2 Å². The van der Waals surface area contributed by atoms with Crippen LogP contribution in [0.15, 0.2) is 22.7 Å². The maximum Gasteiger partial charge on any atom is 0.133 e. The standard InChI is InChI=1S/C15H23BrN2O/c1-4-13-8-17-11(2)9-18(13)10-12-5-6-15(19-3)14(16)7-12/h5-7,11,13,17H,4,8-10H2,1-3H3. The van der Waals surface area contributed by atoms with Gasteiger partial charge in [-0.15, -0.1) is 0 Å². The molecular formula is C15H23BrN2O. The minimum absolute atomic E-state index is 0.574. The molecule has 0 saturated carbocycles. The molecule has 0 spiro atoms. The van der Waals surface area contributed by atoms with E-state index >= 15 is 0 Å². The predicted molar refractivity (Wildman–Crippen MR) is 82.6 cm³/mol. The van der Waals surface area contributed by atoms with E-state index in [-0.39, 0.29) is 0 Å². The van der Waals surface area contributed by atoms with Gasteiger partial charge >= 0.3 is 0 Å². The summed E-state index contributed by atoms with van der Waals surface area (Å²) in [5.74, 6) is 0.893. The third-order valence-electron chi connectivity index (χ3n) is 3.80. The zero-order valence-corrected chi connectivity index (χ0v) is 13.5. The number of piperazine rings is 1. The van der Waals surface area contributed by atoms with E-state index in [9.17, 15) is 0 Å². The van der Waals surface area contributed by atoms with Crippen LogP contribution in [0.25, 0.3) is 0 Å². The Bertz CT molecular complexity index is 425. The van der Waals surface area contributed by atoms with Crippen molar-refractivity contribution in [2.24, 2.45) is 0 Å². The summed E-state index contributed by atoms with van der Waals surface area (Å²) in [6.45, 7) is 7.73. The molecule has 1 saturated heterocycles. The molecule has 0 radical (unpaired) electrons. The largest absolute Gasteiger partial charge is 0.496 e. The fourth-order valence-corrected chi connectivity index (χ4v) is 3.26. The van der Waals surface area contributed by atoms with E-state index < -0.39 is 0 Å². The lowest BCUT2D eigenvalue weighted by Gasteiger charge is -2.39. The van der Waals surface area contributed by atoms with Crippen LogP contribution < -0.4 is 10.1 Å². The smallest absolute Gasteiger partial charge is 0.133 e. The maximum absolute atomic E-state index is 5.28. The number of methoxy groups -OCH3 is 1. The molecule has 1 N–H and O–H groups in total. The minimum Gasteiger partial charge on any atom is -0.496 e. The molecule has 3 nitrogen and oxygen atoms in total. The first-order chi connectivity index (χ1) is 9.13. The second-order valence-electron chi connectivity index (χ2n) is 5.27. The van der Waals surface area contributed by atoms with Crippen LogP contribution in [0.4, 0.5) is 0 Å². The number of nitrogens with one attached hydrogen (secondary N) is 1. The molecule has 0 bridgehead atoms. The van der Waals surface area contributed by atoms with Crippen molar-refractivity contribution in [2.75, 3.05) is 20.2 Å². The van der Waals surface area contributed by atoms with Crippen molar-refractivity contribution in [3.63, 3.8) is 0 Å². The first-order valence-corrected chi connectivity index (χ1v) is 7.73. The summed E-state index contributed by atoms with van der Waals surface area (Å²) >= 11 is 3.56. The normalized spacial score (nSPS) is 24.4. The zero-order valence-electron chi connectivity index (χ0n) is 11.9. The van der Waals surface area contributed by atoms with E-state index in [1.165, 1.54) is 12.0 Å². The van der Waals surface area contributed by atoms with Gasteiger partial charge in [-0.05, 0) is 47.0 Å². The van der Waals surface area contributed by atoms with Gasteiger partial charge in [-0.2, -0.15) is 0 Å². The Morgan fingerprint density at radius 3 is 2.89 bits per heavy atom. The summed E-state index contributed by atoms with van der Waals surface area (Å²) in [7, 11) is 1.70. The molecule has 2 unspecified atom stereocenters. The summed E-state index contributed by atoms with van der Waals surface area (Å²) in [4.78, 5) is 2.58. The number of ether oxygens (including phenoxy) is 1. The number of hydrogen-bond acceptors (Lipinski definition) is 3. The summed E-state index contributed by atoms with van der Waals surface area (Å²) in [6.07, 6.45) is 1.19. The Labute approximate surface area is 124 Å². The molecule has 2 atom stereocenters. The lowest BCUT2D eigenvalue weighted by atomic mass is 10.1. The van der Waals surface area contributed by atoms with Gasteiger partial charge in [0, 0.05) is 31.7 Å². The quantitative estimate of drug-likeness (QED) is 0.920. The van der Waals surface area contributed by atoms with Gasteiger partial charge in [0.15, 0.2) is 0 Å². The van der Waals surface area contributed by atoms with E-state index in [4.69, 9.17) is 4.74 Å². The Hall–Kier alpha value is -0.580. The monoisotopic (exact) mass is 326 g/mol. The van der Waals surface area contributed by atoms with Gasteiger partial charge in [0.1, 0.15) is 5.75 Å². The van der Waals surface area contributed by atoms with Crippen LogP contribution in [0.1, 0.15) is 25.8 Å². The van der Waals surface area contributed by atoms with Crippen molar-refractivity contribution in [2.45, 2.75) is 38.9 Å². The summed E-state index contributed by atoms with van der Waals surface area (Å²) < 4.78 is 6.31. The highest BCUT2D eigenvalue weighted by molar-refractivity contribution is 9.10. The van der Waals surface area contributed by atoms with Crippen LogP contribution >= 0.6 is 15.9 Å². The van der Waals surface area contributed by atoms with Gasteiger partial charge in [0.05, 0.1) is 11.6 Å². The molecule has 2 rings (SSSR count). The molecule has 106 valence electrons. The summed E-state index contributed by atoms with van der Waals surface area (Å²) in [5.41, 5.74) is 1.33. The summed E-state index contributed by atoms with van der Waals surface area (Å²) in [5, 5.41) is 3.56. The van der Waals surface area contributed by atoms with Gasteiger partial charge < -0.3 is 10.1 Å². The third kappa shape index (κ3) is 3.71. The van der Waals surface area contributed by atoms with E-state index in [2.05, 4.69) is 52.1 Å². The lowest BCUT2D eigenvalue weighted by molar-refractivity contribution is 0.124. The number of halogens is 1. The van der Waals surface area contributed by atoms with Crippen molar-refractivity contribution in [3.05, 3.63) is 28.2 Å². The molecule has 1 aromatic rings. The van der Waals surface area contributed by atoms with E-state index in [1.807, 2.05) is 6.07 Å². The van der Waals surface area contributed by atoms with Crippen molar-refractivity contribution in [1.29, 1.82) is 0 Å². The second kappa shape index (κ2) is 6.73. The highest BCUT2D eigenvalue weighted by atomic mass is 79.9. The van der Waals surface area contributed by atoms with Crippen molar-refractivity contribution in [3.8, 4) is 5.75 Å². The van der Waals surface area contributed by atoms with Crippen LogP contribution in [-0.2, 0) is 6.54 Å². The van der Waals surface area contributed by atoms with E-state index in [0.29, 0.717) is 12.1 Å². The highest BCUT2D eigenvalue weighted by Crippen LogP contribution is 2.26. The van der Waals surface area contributed by atoms with Crippen molar-refractivity contribution < 1.29 is 4.74 Å². The molecule has 1 heterocycles. The molecular weight excluding hydrogens is 304 g/mol.